The van der Waals surface area contributed by atoms with Crippen molar-refractivity contribution in [3.63, 3.8) is 0 Å². The van der Waals surface area contributed by atoms with E-state index in [4.69, 9.17) is 10.5 Å². The number of methoxy groups -OCH3 is 1. The van der Waals surface area contributed by atoms with Crippen molar-refractivity contribution in [1.82, 2.24) is 0 Å². The second-order valence-electron chi connectivity index (χ2n) is 3.47. The van der Waals surface area contributed by atoms with E-state index in [-0.39, 0.29) is 11.9 Å². The van der Waals surface area contributed by atoms with E-state index in [1.807, 2.05) is 6.92 Å². The fourth-order valence-corrected chi connectivity index (χ4v) is 1.24. The first-order valence-electron chi connectivity index (χ1n) is 4.71. The van der Waals surface area contributed by atoms with Gasteiger partial charge in [0.25, 0.3) is 0 Å². The molecule has 0 spiro atoms. The molecule has 0 saturated heterocycles. The number of nitrogens with two attached hydrogens (primary N) is 1. The lowest BCUT2D eigenvalue weighted by atomic mass is 10.1. The van der Waals surface area contributed by atoms with Gasteiger partial charge in [0.1, 0.15) is 11.6 Å². The summed E-state index contributed by atoms with van der Waals surface area (Å²) >= 11 is 0. The monoisotopic (exact) mass is 197 g/mol. The summed E-state index contributed by atoms with van der Waals surface area (Å²) in [7, 11) is 1.52. The highest BCUT2D eigenvalue weighted by Crippen LogP contribution is 2.17. The minimum atomic E-state index is -0.218. The number of halogens is 1. The van der Waals surface area contributed by atoms with Gasteiger partial charge in [-0.2, -0.15) is 0 Å². The van der Waals surface area contributed by atoms with Crippen LogP contribution in [-0.4, -0.2) is 13.2 Å². The smallest absolute Gasteiger partial charge is 0.130 e. The Labute approximate surface area is 83.9 Å². The second-order valence-corrected chi connectivity index (χ2v) is 3.47. The van der Waals surface area contributed by atoms with E-state index in [1.54, 1.807) is 12.1 Å². The van der Waals surface area contributed by atoms with Crippen LogP contribution in [-0.2, 0) is 6.42 Å². The molecule has 3 heteroatoms. The minimum absolute atomic E-state index is 0.108. The molecule has 0 fully saturated rings. The average Bonchev–Trinajstić information content (AvgIpc) is 2.15. The summed E-state index contributed by atoms with van der Waals surface area (Å²) in [5.41, 5.74) is 6.30. The van der Waals surface area contributed by atoms with Crippen molar-refractivity contribution in [2.45, 2.75) is 25.8 Å². The molecule has 14 heavy (non-hydrogen) atoms. The van der Waals surface area contributed by atoms with Gasteiger partial charge in [0.05, 0.1) is 7.11 Å². The van der Waals surface area contributed by atoms with Gasteiger partial charge in [-0.15, -0.1) is 0 Å². The van der Waals surface area contributed by atoms with Crippen LogP contribution in [0.1, 0.15) is 18.9 Å². The van der Waals surface area contributed by atoms with Crippen molar-refractivity contribution in [1.29, 1.82) is 0 Å². The lowest BCUT2D eigenvalue weighted by Gasteiger charge is -2.07. The number of hydrogen-bond acceptors (Lipinski definition) is 2. The van der Waals surface area contributed by atoms with Gasteiger partial charge in [0.15, 0.2) is 0 Å². The van der Waals surface area contributed by atoms with Crippen LogP contribution in [0.15, 0.2) is 18.2 Å². The summed E-state index contributed by atoms with van der Waals surface area (Å²) in [5.74, 6) is 0.331. The summed E-state index contributed by atoms with van der Waals surface area (Å²) < 4.78 is 18.3. The van der Waals surface area contributed by atoms with Crippen LogP contribution in [0.2, 0.25) is 0 Å². The maximum atomic E-state index is 13.4. The van der Waals surface area contributed by atoms with E-state index in [0.717, 1.165) is 6.42 Å². The van der Waals surface area contributed by atoms with E-state index in [1.165, 1.54) is 13.2 Å². The van der Waals surface area contributed by atoms with E-state index >= 15 is 0 Å². The summed E-state index contributed by atoms with van der Waals surface area (Å²) in [6, 6.07) is 5.02. The number of rotatable bonds is 4. The van der Waals surface area contributed by atoms with E-state index in [0.29, 0.717) is 17.7 Å². The van der Waals surface area contributed by atoms with Gasteiger partial charge in [-0.1, -0.05) is 6.07 Å². The van der Waals surface area contributed by atoms with Gasteiger partial charge >= 0.3 is 0 Å². The van der Waals surface area contributed by atoms with Crippen LogP contribution < -0.4 is 10.5 Å². The van der Waals surface area contributed by atoms with Crippen molar-refractivity contribution in [2.75, 3.05) is 7.11 Å². The Hall–Kier alpha value is -1.09. The van der Waals surface area contributed by atoms with Crippen molar-refractivity contribution in [3.05, 3.63) is 29.6 Å². The van der Waals surface area contributed by atoms with Crippen LogP contribution in [0.5, 0.6) is 5.75 Å². The molecule has 0 aliphatic heterocycles. The Morgan fingerprint density at radius 2 is 2.21 bits per heavy atom. The Morgan fingerprint density at radius 1 is 1.50 bits per heavy atom. The lowest BCUT2D eigenvalue weighted by molar-refractivity contribution is 0.410. The van der Waals surface area contributed by atoms with Crippen LogP contribution >= 0.6 is 0 Å². The maximum Gasteiger partial charge on any atom is 0.130 e. The summed E-state index contributed by atoms with van der Waals surface area (Å²) in [4.78, 5) is 0. The molecule has 1 aromatic carbocycles. The summed E-state index contributed by atoms with van der Waals surface area (Å²) in [6.45, 7) is 1.92. The van der Waals surface area contributed by atoms with Crippen molar-refractivity contribution in [3.8, 4) is 5.75 Å². The average molecular weight is 197 g/mol. The molecule has 0 saturated carbocycles. The molecule has 78 valence electrons. The van der Waals surface area contributed by atoms with Gasteiger partial charge in [0, 0.05) is 12.1 Å². The van der Waals surface area contributed by atoms with Gasteiger partial charge < -0.3 is 10.5 Å². The molecule has 0 aliphatic carbocycles. The normalized spacial score (nSPS) is 12.6. The molecule has 1 aromatic rings. The number of hydrogen-bond donors (Lipinski definition) is 1. The first-order valence-corrected chi connectivity index (χ1v) is 4.71. The molecular weight excluding hydrogens is 181 g/mol. The quantitative estimate of drug-likeness (QED) is 0.802. The van der Waals surface area contributed by atoms with Gasteiger partial charge in [-0.25, -0.2) is 4.39 Å². The molecular formula is C11H16FNO. The molecule has 0 radical (unpaired) electrons. The second kappa shape index (κ2) is 4.96. The van der Waals surface area contributed by atoms with E-state index in [9.17, 15) is 4.39 Å². The van der Waals surface area contributed by atoms with Crippen LogP contribution in [0.3, 0.4) is 0 Å². The first-order chi connectivity index (χ1) is 6.63. The largest absolute Gasteiger partial charge is 0.497 e. The highest BCUT2D eigenvalue weighted by Gasteiger charge is 2.04. The Balaban J connectivity index is 2.69. The SMILES string of the molecule is COc1ccc(CCC(C)N)c(F)c1. The van der Waals surface area contributed by atoms with Crippen LogP contribution in [0, 0.1) is 5.82 Å². The van der Waals surface area contributed by atoms with Crippen LogP contribution in [0.4, 0.5) is 4.39 Å². The standard InChI is InChI=1S/C11H16FNO/c1-8(13)3-4-9-5-6-10(14-2)7-11(9)12/h5-8H,3-4,13H2,1-2H3. The van der Waals surface area contributed by atoms with Gasteiger partial charge in [-0.3, -0.25) is 0 Å². The van der Waals surface area contributed by atoms with Crippen molar-refractivity contribution >= 4 is 0 Å². The molecule has 1 unspecified atom stereocenters. The van der Waals surface area contributed by atoms with Crippen molar-refractivity contribution in [2.24, 2.45) is 5.73 Å². The zero-order valence-electron chi connectivity index (χ0n) is 8.59. The maximum absolute atomic E-state index is 13.4. The van der Waals surface area contributed by atoms with Crippen LogP contribution in [0.25, 0.3) is 0 Å². The van der Waals surface area contributed by atoms with Crippen molar-refractivity contribution < 1.29 is 9.13 Å². The molecule has 0 bridgehead atoms. The van der Waals surface area contributed by atoms with Gasteiger partial charge in [-0.05, 0) is 31.4 Å². The number of benzene rings is 1. The first kappa shape index (κ1) is 11.0. The molecule has 0 aliphatic rings. The Morgan fingerprint density at radius 3 is 2.71 bits per heavy atom. The molecule has 0 amide bonds. The highest BCUT2D eigenvalue weighted by atomic mass is 19.1. The van der Waals surface area contributed by atoms with E-state index < -0.39 is 0 Å². The Bertz CT molecular complexity index is 299. The predicted molar refractivity (Wildman–Crippen MR) is 54.9 cm³/mol. The third-order valence-corrected chi connectivity index (χ3v) is 2.13. The Kier molecular flexibility index (Phi) is 3.89. The molecule has 2 N–H and O–H groups in total. The predicted octanol–water partition coefficient (Wildman–Crippen LogP) is 2.11. The molecule has 1 atom stereocenters. The molecule has 0 heterocycles. The molecule has 1 rings (SSSR count). The summed E-state index contributed by atoms with van der Waals surface area (Å²) in [5, 5.41) is 0. The fraction of sp³-hybridized carbons (Fsp3) is 0.455. The molecule has 0 aromatic heterocycles. The number of ether oxygens (including phenoxy) is 1. The van der Waals surface area contributed by atoms with E-state index in [2.05, 4.69) is 0 Å². The molecule has 2 nitrogen and oxygen atoms in total. The highest BCUT2D eigenvalue weighted by molar-refractivity contribution is 5.28. The minimum Gasteiger partial charge on any atom is -0.497 e. The summed E-state index contributed by atoms with van der Waals surface area (Å²) in [6.07, 6.45) is 1.47. The zero-order chi connectivity index (χ0) is 10.6. The third kappa shape index (κ3) is 3.00. The topological polar surface area (TPSA) is 35.2 Å². The number of aryl methyl sites for hydroxylation is 1. The zero-order valence-corrected chi connectivity index (χ0v) is 8.59. The lowest BCUT2D eigenvalue weighted by Crippen LogP contribution is -2.15. The fourth-order valence-electron chi connectivity index (χ4n) is 1.24. The third-order valence-electron chi connectivity index (χ3n) is 2.13. The van der Waals surface area contributed by atoms with Gasteiger partial charge in [0.2, 0.25) is 0 Å².